The largest absolute Gasteiger partial charge is 0.374 e. The van der Waals surface area contributed by atoms with Crippen LogP contribution in [0.15, 0.2) is 42.7 Å². The van der Waals surface area contributed by atoms with Gasteiger partial charge >= 0.3 is 0 Å². The molecule has 6 nitrogen and oxygen atoms in total. The van der Waals surface area contributed by atoms with E-state index in [0.29, 0.717) is 19.8 Å². The van der Waals surface area contributed by atoms with E-state index in [2.05, 4.69) is 27.7 Å². The maximum Gasteiger partial charge on any atom is 0.136 e. The van der Waals surface area contributed by atoms with Crippen LogP contribution in [0.5, 0.6) is 0 Å². The van der Waals surface area contributed by atoms with Crippen LogP contribution in [0.25, 0.3) is 21.9 Å². The van der Waals surface area contributed by atoms with E-state index in [1.807, 2.05) is 38.2 Å². The van der Waals surface area contributed by atoms with Gasteiger partial charge in [0.1, 0.15) is 17.9 Å². The van der Waals surface area contributed by atoms with Crippen molar-refractivity contribution in [3.8, 4) is 0 Å². The first-order valence-electron chi connectivity index (χ1n) is 8.54. The van der Waals surface area contributed by atoms with Gasteiger partial charge in [0, 0.05) is 24.2 Å². The smallest absolute Gasteiger partial charge is 0.136 e. The lowest BCUT2D eigenvalue weighted by Gasteiger charge is -2.11. The van der Waals surface area contributed by atoms with Gasteiger partial charge in [-0.2, -0.15) is 0 Å². The number of ether oxygens (including phenoxy) is 1. The van der Waals surface area contributed by atoms with Gasteiger partial charge in [0.05, 0.1) is 23.8 Å². The number of hydroxylamine groups is 1. The average Bonchev–Trinajstić information content (AvgIpc) is 2.97. The lowest BCUT2D eigenvalue weighted by Crippen LogP contribution is -2.14. The number of nitrogens with zero attached hydrogens (tertiary/aromatic N) is 3. The second-order valence-corrected chi connectivity index (χ2v) is 5.91. The van der Waals surface area contributed by atoms with Gasteiger partial charge in [-0.15, -0.1) is 0 Å². The molecule has 0 amide bonds. The molecule has 0 fully saturated rings. The maximum absolute atomic E-state index is 5.60. The van der Waals surface area contributed by atoms with E-state index in [1.54, 1.807) is 0 Å². The quantitative estimate of drug-likeness (QED) is 0.477. The molecule has 0 spiro atoms. The Labute approximate surface area is 147 Å². The molecule has 6 heteroatoms. The molecular formula is C19H24N4O2. The number of benzene rings is 1. The number of fused-ring (bicyclic) bond motifs is 3. The minimum absolute atomic E-state index is 0.490. The van der Waals surface area contributed by atoms with E-state index in [4.69, 9.17) is 14.6 Å². The van der Waals surface area contributed by atoms with Crippen molar-refractivity contribution in [2.45, 2.75) is 33.4 Å². The summed E-state index contributed by atoms with van der Waals surface area (Å²) in [6, 6.07) is 8.14. The number of hydrogen-bond donors (Lipinski definition) is 1. The van der Waals surface area contributed by atoms with Gasteiger partial charge < -0.3 is 9.30 Å². The van der Waals surface area contributed by atoms with Crippen molar-refractivity contribution in [3.63, 3.8) is 0 Å². The summed E-state index contributed by atoms with van der Waals surface area (Å²) in [5.74, 6) is 0.919. The van der Waals surface area contributed by atoms with Crippen LogP contribution in [0.4, 0.5) is 0 Å². The van der Waals surface area contributed by atoms with Crippen LogP contribution in [0, 0.1) is 0 Å². The molecule has 0 bridgehead atoms. The first kappa shape index (κ1) is 17.4. The Morgan fingerprint density at radius 1 is 1.28 bits per heavy atom. The van der Waals surface area contributed by atoms with E-state index in [9.17, 15) is 0 Å². The van der Waals surface area contributed by atoms with Crippen LogP contribution in [0.2, 0.25) is 0 Å². The summed E-state index contributed by atoms with van der Waals surface area (Å²) in [6.07, 6.45) is 2.68. The van der Waals surface area contributed by atoms with Gasteiger partial charge in [0.2, 0.25) is 0 Å². The summed E-state index contributed by atoms with van der Waals surface area (Å²) in [5.41, 5.74) is 6.55. The van der Waals surface area contributed by atoms with Crippen LogP contribution >= 0.6 is 0 Å². The Morgan fingerprint density at radius 3 is 2.92 bits per heavy atom. The van der Waals surface area contributed by atoms with Crippen LogP contribution in [0.3, 0.4) is 0 Å². The Morgan fingerprint density at radius 2 is 2.12 bits per heavy atom. The van der Waals surface area contributed by atoms with Gasteiger partial charge in [0.15, 0.2) is 0 Å². The summed E-state index contributed by atoms with van der Waals surface area (Å²) < 4.78 is 7.82. The molecule has 3 rings (SSSR count). The minimum Gasteiger partial charge on any atom is -0.374 e. The molecule has 0 aliphatic carbocycles. The third-order valence-electron chi connectivity index (χ3n) is 3.87. The van der Waals surface area contributed by atoms with Crippen LogP contribution in [-0.4, -0.2) is 27.7 Å². The molecule has 2 aromatic heterocycles. The number of aromatic nitrogens is 3. The van der Waals surface area contributed by atoms with Crippen LogP contribution in [-0.2, 0) is 22.7 Å². The number of rotatable bonds is 9. The zero-order valence-corrected chi connectivity index (χ0v) is 14.8. The SMILES string of the molecule is C=C(C)NOCCCn1c(COCC)nc2cnc3ccccc3c21. The molecule has 3 aromatic rings. The Bertz CT molecular complexity index is 872. The van der Waals surface area contributed by atoms with Crippen LogP contribution in [0.1, 0.15) is 26.1 Å². The first-order chi connectivity index (χ1) is 12.2. The highest BCUT2D eigenvalue weighted by molar-refractivity contribution is 6.02. The van der Waals surface area contributed by atoms with E-state index in [-0.39, 0.29) is 0 Å². The number of allylic oxidation sites excluding steroid dienone is 1. The Balaban J connectivity index is 1.91. The highest BCUT2D eigenvalue weighted by Crippen LogP contribution is 2.25. The van der Waals surface area contributed by atoms with E-state index >= 15 is 0 Å². The second kappa shape index (κ2) is 8.09. The van der Waals surface area contributed by atoms with Crippen molar-refractivity contribution in [2.24, 2.45) is 0 Å². The molecule has 0 unspecified atom stereocenters. The van der Waals surface area contributed by atoms with E-state index in [1.165, 1.54) is 0 Å². The topological polar surface area (TPSA) is 61.2 Å². The molecule has 0 saturated carbocycles. The zero-order chi connectivity index (χ0) is 17.6. The summed E-state index contributed by atoms with van der Waals surface area (Å²) in [6.45, 7) is 10.1. The lowest BCUT2D eigenvalue weighted by atomic mass is 10.2. The number of hydrogen-bond acceptors (Lipinski definition) is 5. The molecule has 0 aliphatic rings. The predicted octanol–water partition coefficient (Wildman–Crippen LogP) is 3.57. The summed E-state index contributed by atoms with van der Waals surface area (Å²) in [7, 11) is 0. The molecule has 25 heavy (non-hydrogen) atoms. The molecule has 0 atom stereocenters. The van der Waals surface area contributed by atoms with Crippen molar-refractivity contribution >= 4 is 21.9 Å². The van der Waals surface area contributed by atoms with Gasteiger partial charge in [-0.25, -0.2) is 4.98 Å². The molecule has 0 aliphatic heterocycles. The molecule has 1 aromatic carbocycles. The fraction of sp³-hybridized carbons (Fsp3) is 0.368. The molecular weight excluding hydrogens is 316 g/mol. The number of nitrogens with one attached hydrogen (secondary N) is 1. The lowest BCUT2D eigenvalue weighted by molar-refractivity contribution is 0.0589. The van der Waals surface area contributed by atoms with Gasteiger partial charge in [0.25, 0.3) is 0 Å². The predicted molar refractivity (Wildman–Crippen MR) is 98.9 cm³/mol. The summed E-state index contributed by atoms with van der Waals surface area (Å²) >= 11 is 0. The number of para-hydroxylation sites is 1. The van der Waals surface area contributed by atoms with Crippen molar-refractivity contribution in [1.82, 2.24) is 20.0 Å². The highest BCUT2D eigenvalue weighted by atomic mass is 16.6. The van der Waals surface area contributed by atoms with Gasteiger partial charge in [-0.1, -0.05) is 24.8 Å². The van der Waals surface area contributed by atoms with Crippen molar-refractivity contribution in [2.75, 3.05) is 13.2 Å². The Hall–Kier alpha value is -2.44. The van der Waals surface area contributed by atoms with Crippen molar-refractivity contribution in [1.29, 1.82) is 0 Å². The minimum atomic E-state index is 0.490. The zero-order valence-electron chi connectivity index (χ0n) is 14.8. The molecule has 0 saturated heterocycles. The first-order valence-corrected chi connectivity index (χ1v) is 8.54. The van der Waals surface area contributed by atoms with Crippen molar-refractivity contribution < 1.29 is 9.57 Å². The Kier molecular flexibility index (Phi) is 5.63. The maximum atomic E-state index is 5.60. The normalized spacial score (nSPS) is 11.3. The molecule has 132 valence electrons. The monoisotopic (exact) mass is 340 g/mol. The van der Waals surface area contributed by atoms with Crippen molar-refractivity contribution in [3.05, 3.63) is 48.6 Å². The highest BCUT2D eigenvalue weighted by Gasteiger charge is 2.14. The summed E-state index contributed by atoms with van der Waals surface area (Å²) in [5, 5.41) is 1.11. The third kappa shape index (κ3) is 3.97. The fourth-order valence-corrected chi connectivity index (χ4v) is 2.82. The molecule has 0 radical (unpaired) electrons. The number of imidazole rings is 1. The number of aryl methyl sites for hydroxylation is 1. The molecule has 1 N–H and O–H groups in total. The second-order valence-electron chi connectivity index (χ2n) is 5.91. The average molecular weight is 340 g/mol. The third-order valence-corrected chi connectivity index (χ3v) is 3.87. The fourth-order valence-electron chi connectivity index (χ4n) is 2.82. The van der Waals surface area contributed by atoms with E-state index < -0.39 is 0 Å². The van der Waals surface area contributed by atoms with Gasteiger partial charge in [-0.05, 0) is 26.3 Å². The van der Waals surface area contributed by atoms with Gasteiger partial charge in [-0.3, -0.25) is 15.3 Å². The standard InChI is InChI=1S/C19H24N4O2/c1-4-24-13-18-21-17-12-20-16-9-6-5-8-15(16)19(17)23(18)10-7-11-25-22-14(2)3/h5-6,8-9,12,22H,2,4,7,10-11,13H2,1,3H3. The van der Waals surface area contributed by atoms with Crippen LogP contribution < -0.4 is 5.48 Å². The number of pyridine rings is 1. The summed E-state index contributed by atoms with van der Waals surface area (Å²) in [4.78, 5) is 14.6. The molecule has 2 heterocycles. The van der Waals surface area contributed by atoms with E-state index in [0.717, 1.165) is 46.4 Å².